The van der Waals surface area contributed by atoms with E-state index >= 15 is 0 Å². The van der Waals surface area contributed by atoms with Crippen molar-refractivity contribution in [2.75, 3.05) is 0 Å². The van der Waals surface area contributed by atoms with Gasteiger partial charge >= 0.3 is 5.97 Å². The first kappa shape index (κ1) is 13.8. The lowest BCUT2D eigenvalue weighted by Gasteiger charge is -2.09. The molecule has 20 heavy (non-hydrogen) atoms. The van der Waals surface area contributed by atoms with Gasteiger partial charge in [-0.1, -0.05) is 23.7 Å². The Hall–Kier alpha value is -2.60. The summed E-state index contributed by atoms with van der Waals surface area (Å²) in [5, 5.41) is 20.0. The van der Waals surface area contributed by atoms with E-state index in [0.717, 1.165) is 6.07 Å². The molecular formula is C13H8ClNO5. The number of carbonyl (C=O) groups is 1. The highest BCUT2D eigenvalue weighted by Crippen LogP contribution is 2.32. The van der Waals surface area contributed by atoms with Crippen LogP contribution in [0.2, 0.25) is 5.02 Å². The highest BCUT2D eigenvalue weighted by molar-refractivity contribution is 6.32. The predicted molar refractivity (Wildman–Crippen MR) is 71.6 cm³/mol. The summed E-state index contributed by atoms with van der Waals surface area (Å²) in [7, 11) is 0. The van der Waals surface area contributed by atoms with Crippen molar-refractivity contribution >= 4 is 23.3 Å². The maximum Gasteiger partial charge on any atom is 0.339 e. The van der Waals surface area contributed by atoms with Gasteiger partial charge in [0.15, 0.2) is 0 Å². The summed E-state index contributed by atoms with van der Waals surface area (Å²) >= 11 is 5.91. The van der Waals surface area contributed by atoms with E-state index in [4.69, 9.17) is 21.4 Å². The Kier molecular flexibility index (Phi) is 3.86. The molecule has 0 heterocycles. The van der Waals surface area contributed by atoms with Crippen LogP contribution < -0.4 is 4.74 Å². The van der Waals surface area contributed by atoms with Crippen molar-refractivity contribution in [2.45, 2.75) is 0 Å². The van der Waals surface area contributed by atoms with E-state index in [1.807, 2.05) is 0 Å². The molecule has 0 spiro atoms. The second kappa shape index (κ2) is 5.58. The monoisotopic (exact) mass is 293 g/mol. The topological polar surface area (TPSA) is 89.7 Å². The highest BCUT2D eigenvalue weighted by atomic mass is 35.5. The number of hydrogen-bond donors (Lipinski definition) is 1. The summed E-state index contributed by atoms with van der Waals surface area (Å²) in [6.07, 6.45) is 0. The van der Waals surface area contributed by atoms with Gasteiger partial charge < -0.3 is 9.84 Å². The van der Waals surface area contributed by atoms with Crippen molar-refractivity contribution in [3.8, 4) is 11.5 Å². The van der Waals surface area contributed by atoms with Gasteiger partial charge in [-0.05, 0) is 18.2 Å². The van der Waals surface area contributed by atoms with Crippen molar-refractivity contribution in [3.05, 3.63) is 63.2 Å². The molecule has 0 fully saturated rings. The van der Waals surface area contributed by atoms with E-state index in [9.17, 15) is 14.9 Å². The molecule has 0 saturated carbocycles. The molecule has 2 aromatic rings. The van der Waals surface area contributed by atoms with Crippen LogP contribution in [0.15, 0.2) is 42.5 Å². The Morgan fingerprint density at radius 3 is 2.50 bits per heavy atom. The molecule has 0 bridgehead atoms. The summed E-state index contributed by atoms with van der Waals surface area (Å²) < 4.78 is 5.40. The molecule has 0 aromatic heterocycles. The maximum absolute atomic E-state index is 11.1. The lowest BCUT2D eigenvalue weighted by molar-refractivity contribution is -0.384. The number of carboxylic acids is 1. The summed E-state index contributed by atoms with van der Waals surface area (Å²) in [5.74, 6) is -1.07. The number of rotatable bonds is 4. The van der Waals surface area contributed by atoms with E-state index in [2.05, 4.69) is 0 Å². The third-order valence-corrected chi connectivity index (χ3v) is 2.77. The number of halogens is 1. The molecule has 2 aromatic carbocycles. The number of nitro groups is 1. The fourth-order valence-electron chi connectivity index (χ4n) is 1.53. The van der Waals surface area contributed by atoms with Crippen LogP contribution in [0.3, 0.4) is 0 Å². The first-order chi connectivity index (χ1) is 9.49. The molecule has 0 saturated heterocycles. The number of nitrogens with zero attached hydrogens (tertiary/aromatic N) is 1. The average molecular weight is 294 g/mol. The second-order valence-corrected chi connectivity index (χ2v) is 4.18. The minimum absolute atomic E-state index is 0.0174. The van der Waals surface area contributed by atoms with Gasteiger partial charge in [-0.25, -0.2) is 4.79 Å². The van der Waals surface area contributed by atoms with Crippen molar-refractivity contribution in [3.63, 3.8) is 0 Å². The predicted octanol–water partition coefficient (Wildman–Crippen LogP) is 3.74. The van der Waals surface area contributed by atoms with Crippen LogP contribution in [0.5, 0.6) is 11.5 Å². The Balaban J connectivity index is 2.44. The second-order valence-electron chi connectivity index (χ2n) is 3.78. The van der Waals surface area contributed by atoms with Gasteiger partial charge in [-0.2, -0.15) is 0 Å². The molecule has 0 unspecified atom stereocenters. The van der Waals surface area contributed by atoms with Gasteiger partial charge in [0.25, 0.3) is 5.69 Å². The Labute approximate surface area is 118 Å². The molecule has 6 nitrogen and oxygen atoms in total. The Morgan fingerprint density at radius 2 is 1.90 bits per heavy atom. The first-order valence-electron chi connectivity index (χ1n) is 5.43. The van der Waals surface area contributed by atoms with Gasteiger partial charge in [0.2, 0.25) is 0 Å². The molecule has 0 aliphatic carbocycles. The van der Waals surface area contributed by atoms with E-state index in [0.29, 0.717) is 5.02 Å². The SMILES string of the molecule is O=C(O)c1cc([N+](=O)[O-])ccc1Oc1ccccc1Cl. The molecule has 0 aliphatic rings. The summed E-state index contributed by atoms with van der Waals surface area (Å²) in [4.78, 5) is 21.1. The lowest BCUT2D eigenvalue weighted by Crippen LogP contribution is -2.01. The Bertz CT molecular complexity index is 686. The smallest absolute Gasteiger partial charge is 0.339 e. The van der Waals surface area contributed by atoms with Crippen molar-refractivity contribution < 1.29 is 19.6 Å². The largest absolute Gasteiger partial charge is 0.478 e. The highest BCUT2D eigenvalue weighted by Gasteiger charge is 2.18. The van der Waals surface area contributed by atoms with Gasteiger partial charge in [0, 0.05) is 12.1 Å². The van der Waals surface area contributed by atoms with Crippen LogP contribution in [0, 0.1) is 10.1 Å². The van der Waals surface area contributed by atoms with E-state index in [-0.39, 0.29) is 22.7 Å². The number of aromatic carboxylic acids is 1. The van der Waals surface area contributed by atoms with Crippen molar-refractivity contribution in [2.24, 2.45) is 0 Å². The quantitative estimate of drug-likeness (QED) is 0.685. The van der Waals surface area contributed by atoms with Crippen LogP contribution in [0.25, 0.3) is 0 Å². The zero-order chi connectivity index (χ0) is 14.7. The number of carboxylic acid groups (broad SMARTS) is 1. The zero-order valence-corrected chi connectivity index (χ0v) is 10.7. The van der Waals surface area contributed by atoms with E-state index in [1.165, 1.54) is 12.1 Å². The van der Waals surface area contributed by atoms with Crippen LogP contribution in [0.4, 0.5) is 5.69 Å². The number of ether oxygens (including phenoxy) is 1. The van der Waals surface area contributed by atoms with Crippen LogP contribution in [-0.4, -0.2) is 16.0 Å². The molecule has 0 amide bonds. The summed E-state index contributed by atoms with van der Waals surface area (Å²) in [5.41, 5.74) is -0.631. The normalized spacial score (nSPS) is 10.1. The van der Waals surface area contributed by atoms with Gasteiger partial charge in [-0.3, -0.25) is 10.1 Å². The molecule has 0 aliphatic heterocycles. The number of hydrogen-bond acceptors (Lipinski definition) is 4. The van der Waals surface area contributed by atoms with Crippen molar-refractivity contribution in [1.82, 2.24) is 0 Å². The van der Waals surface area contributed by atoms with E-state index < -0.39 is 10.9 Å². The minimum atomic E-state index is -1.32. The fourth-order valence-corrected chi connectivity index (χ4v) is 1.71. The number of non-ortho nitro benzene ring substituents is 1. The molecule has 102 valence electrons. The van der Waals surface area contributed by atoms with Gasteiger partial charge in [0.1, 0.15) is 17.1 Å². The third kappa shape index (κ3) is 2.86. The minimum Gasteiger partial charge on any atom is -0.478 e. The maximum atomic E-state index is 11.1. The first-order valence-corrected chi connectivity index (χ1v) is 5.81. The third-order valence-electron chi connectivity index (χ3n) is 2.46. The summed E-state index contributed by atoms with van der Waals surface area (Å²) in [6.45, 7) is 0. The standard InChI is InChI=1S/C13H8ClNO5/c14-10-3-1-2-4-12(10)20-11-6-5-8(15(18)19)7-9(11)13(16)17/h1-7H,(H,16,17). The van der Waals surface area contributed by atoms with Crippen LogP contribution >= 0.6 is 11.6 Å². The summed E-state index contributed by atoms with van der Waals surface area (Å²) in [6, 6.07) is 9.85. The average Bonchev–Trinajstić information content (AvgIpc) is 2.41. The zero-order valence-electron chi connectivity index (χ0n) is 9.95. The van der Waals surface area contributed by atoms with Crippen LogP contribution in [0.1, 0.15) is 10.4 Å². The molecule has 0 atom stereocenters. The number of para-hydroxylation sites is 1. The van der Waals surface area contributed by atoms with Crippen LogP contribution in [-0.2, 0) is 0 Å². The molecule has 1 N–H and O–H groups in total. The molecule has 7 heteroatoms. The molecule has 0 radical (unpaired) electrons. The van der Waals surface area contributed by atoms with E-state index in [1.54, 1.807) is 24.3 Å². The van der Waals surface area contributed by atoms with Gasteiger partial charge in [-0.15, -0.1) is 0 Å². The molecule has 2 rings (SSSR count). The Morgan fingerprint density at radius 1 is 1.20 bits per heavy atom. The molecular weight excluding hydrogens is 286 g/mol. The number of benzene rings is 2. The number of nitro benzene ring substituents is 1. The lowest BCUT2D eigenvalue weighted by atomic mass is 10.2. The van der Waals surface area contributed by atoms with Crippen molar-refractivity contribution in [1.29, 1.82) is 0 Å². The fraction of sp³-hybridized carbons (Fsp3) is 0. The van der Waals surface area contributed by atoms with Gasteiger partial charge in [0.05, 0.1) is 9.95 Å².